The van der Waals surface area contributed by atoms with Crippen LogP contribution in [0.15, 0.2) is 84.9 Å². The first-order chi connectivity index (χ1) is 18.5. The molecule has 4 heteroatoms. The van der Waals surface area contributed by atoms with Gasteiger partial charge in [0.1, 0.15) is 0 Å². The first-order valence-corrected chi connectivity index (χ1v) is 13.9. The summed E-state index contributed by atoms with van der Waals surface area (Å²) in [5.41, 5.74) is 5.49. The minimum atomic E-state index is -0.970. The topological polar surface area (TPSA) is 57.6 Å². The van der Waals surface area contributed by atoms with Crippen molar-refractivity contribution in [2.45, 2.75) is 77.8 Å². The van der Waals surface area contributed by atoms with Crippen molar-refractivity contribution in [1.82, 2.24) is 4.90 Å². The third-order valence-electron chi connectivity index (χ3n) is 6.81. The number of carboxylic acids is 1. The number of carbonyl (C=O) groups excluding carboxylic acids is 1. The summed E-state index contributed by atoms with van der Waals surface area (Å²) in [6.07, 6.45) is 12.8. The van der Waals surface area contributed by atoms with Gasteiger partial charge in [0.15, 0.2) is 0 Å². The molecule has 0 radical (unpaired) electrons. The number of rotatable bonds is 16. The number of carbonyl (C=O) groups is 2. The molecule has 1 amide bonds. The van der Waals surface area contributed by atoms with Crippen LogP contribution in [-0.2, 0) is 35.5 Å². The fourth-order valence-corrected chi connectivity index (χ4v) is 4.55. The molecular formula is C34H41NO3. The monoisotopic (exact) mass is 511 g/mol. The molecule has 0 aliphatic heterocycles. The molecule has 3 aromatic rings. The highest BCUT2D eigenvalue weighted by Gasteiger charge is 2.15. The van der Waals surface area contributed by atoms with E-state index in [0.29, 0.717) is 25.9 Å². The second-order valence-electron chi connectivity index (χ2n) is 9.98. The lowest BCUT2D eigenvalue weighted by molar-refractivity contribution is -0.132. The molecule has 0 saturated heterocycles. The number of aliphatic carboxylic acids is 1. The predicted molar refractivity (Wildman–Crippen MR) is 156 cm³/mol. The molecule has 0 aromatic heterocycles. The number of hydrogen-bond acceptors (Lipinski definition) is 2. The van der Waals surface area contributed by atoms with E-state index in [1.54, 1.807) is 6.08 Å². The quantitative estimate of drug-likeness (QED) is 0.157. The summed E-state index contributed by atoms with van der Waals surface area (Å²) in [6.45, 7) is 3.32. The van der Waals surface area contributed by atoms with Gasteiger partial charge in [-0.05, 0) is 53.2 Å². The molecule has 0 aliphatic rings. The number of benzene rings is 3. The maximum Gasteiger partial charge on any atom is 0.328 e. The largest absolute Gasteiger partial charge is 0.478 e. The maximum absolute atomic E-state index is 13.3. The van der Waals surface area contributed by atoms with Crippen molar-refractivity contribution in [3.8, 4) is 0 Å². The molecular weight excluding hydrogens is 470 g/mol. The summed E-state index contributed by atoms with van der Waals surface area (Å²) in [7, 11) is 0. The lowest BCUT2D eigenvalue weighted by Gasteiger charge is -2.23. The smallest absolute Gasteiger partial charge is 0.328 e. The Morgan fingerprint density at radius 2 is 1.24 bits per heavy atom. The summed E-state index contributed by atoms with van der Waals surface area (Å²) in [5, 5.41) is 8.85. The molecule has 0 fully saturated rings. The summed E-state index contributed by atoms with van der Waals surface area (Å²) in [5.74, 6) is -0.845. The van der Waals surface area contributed by atoms with E-state index < -0.39 is 5.97 Å². The van der Waals surface area contributed by atoms with E-state index in [0.717, 1.165) is 34.8 Å². The van der Waals surface area contributed by atoms with E-state index in [1.807, 2.05) is 47.4 Å². The Morgan fingerprint density at radius 1 is 0.684 bits per heavy atom. The van der Waals surface area contributed by atoms with Gasteiger partial charge >= 0.3 is 5.97 Å². The first-order valence-electron chi connectivity index (χ1n) is 13.9. The molecule has 200 valence electrons. The fourth-order valence-electron chi connectivity index (χ4n) is 4.55. The minimum Gasteiger partial charge on any atom is -0.478 e. The van der Waals surface area contributed by atoms with Crippen LogP contribution in [0.4, 0.5) is 0 Å². The van der Waals surface area contributed by atoms with E-state index >= 15 is 0 Å². The lowest BCUT2D eigenvalue weighted by atomic mass is 10.0. The molecule has 0 heterocycles. The lowest BCUT2D eigenvalue weighted by Crippen LogP contribution is -2.30. The Hall–Kier alpha value is -3.66. The van der Waals surface area contributed by atoms with Crippen LogP contribution in [0.25, 0.3) is 6.08 Å². The highest BCUT2D eigenvalue weighted by Crippen LogP contribution is 2.17. The summed E-state index contributed by atoms with van der Waals surface area (Å²) in [6, 6.07) is 26.5. The second-order valence-corrected chi connectivity index (χ2v) is 9.98. The van der Waals surface area contributed by atoms with Crippen LogP contribution in [0.2, 0.25) is 0 Å². The fraction of sp³-hybridized carbons (Fsp3) is 0.353. The Morgan fingerprint density at radius 3 is 1.87 bits per heavy atom. The Bertz CT molecular complexity index is 1130. The van der Waals surface area contributed by atoms with Gasteiger partial charge < -0.3 is 10.0 Å². The third kappa shape index (κ3) is 10.8. The molecule has 3 aromatic carbocycles. The standard InChI is InChI=1S/C34H41NO3/c1-2-3-4-5-6-8-13-29-14-18-31(19-15-29)26-35(33(36)24-22-28-11-9-7-10-12-28)27-32-20-16-30(17-21-32)23-25-34(37)38/h7,9-12,14-21,23,25H,2-6,8,13,22,24,26-27H2,1H3,(H,37,38)/b25-23+. The molecule has 0 aliphatic carbocycles. The average Bonchev–Trinajstić information content (AvgIpc) is 2.94. The van der Waals surface area contributed by atoms with Gasteiger partial charge in [-0.25, -0.2) is 4.79 Å². The molecule has 3 rings (SSSR count). The van der Waals surface area contributed by atoms with Crippen LogP contribution in [-0.4, -0.2) is 21.9 Å². The van der Waals surface area contributed by atoms with Gasteiger partial charge in [0.25, 0.3) is 0 Å². The van der Waals surface area contributed by atoms with E-state index in [4.69, 9.17) is 5.11 Å². The summed E-state index contributed by atoms with van der Waals surface area (Å²) in [4.78, 5) is 26.0. The van der Waals surface area contributed by atoms with Crippen molar-refractivity contribution >= 4 is 18.0 Å². The van der Waals surface area contributed by atoms with Crippen molar-refractivity contribution in [3.63, 3.8) is 0 Å². The van der Waals surface area contributed by atoms with E-state index in [9.17, 15) is 9.59 Å². The Labute approximate surface area is 228 Å². The molecule has 0 unspecified atom stereocenters. The average molecular weight is 512 g/mol. The normalized spacial score (nSPS) is 11.1. The van der Waals surface area contributed by atoms with Crippen LogP contribution in [0.1, 0.15) is 79.7 Å². The van der Waals surface area contributed by atoms with Gasteiger partial charge in [-0.15, -0.1) is 0 Å². The molecule has 0 bridgehead atoms. The Balaban J connectivity index is 1.63. The van der Waals surface area contributed by atoms with Gasteiger partial charge in [-0.1, -0.05) is 118 Å². The van der Waals surface area contributed by atoms with Gasteiger partial charge in [-0.2, -0.15) is 0 Å². The number of aryl methyl sites for hydroxylation is 2. The summed E-state index contributed by atoms with van der Waals surface area (Å²) >= 11 is 0. The molecule has 38 heavy (non-hydrogen) atoms. The second kappa shape index (κ2) is 16.2. The van der Waals surface area contributed by atoms with Crippen molar-refractivity contribution in [3.05, 3.63) is 113 Å². The number of hydrogen-bond donors (Lipinski definition) is 1. The number of carboxylic acid groups (broad SMARTS) is 1. The number of unbranched alkanes of at least 4 members (excludes halogenated alkanes) is 5. The van der Waals surface area contributed by atoms with Gasteiger partial charge in [0.2, 0.25) is 5.91 Å². The van der Waals surface area contributed by atoms with E-state index in [1.165, 1.54) is 44.1 Å². The van der Waals surface area contributed by atoms with Crippen molar-refractivity contribution in [2.75, 3.05) is 0 Å². The van der Waals surface area contributed by atoms with Crippen LogP contribution in [0.5, 0.6) is 0 Å². The molecule has 4 nitrogen and oxygen atoms in total. The zero-order chi connectivity index (χ0) is 27.0. The maximum atomic E-state index is 13.3. The van der Waals surface area contributed by atoms with Crippen LogP contribution in [0, 0.1) is 0 Å². The zero-order valence-electron chi connectivity index (χ0n) is 22.6. The first kappa shape index (κ1) is 28.9. The van der Waals surface area contributed by atoms with Gasteiger partial charge in [0, 0.05) is 25.6 Å². The van der Waals surface area contributed by atoms with Gasteiger partial charge in [-0.3, -0.25) is 4.79 Å². The van der Waals surface area contributed by atoms with Gasteiger partial charge in [0.05, 0.1) is 0 Å². The van der Waals surface area contributed by atoms with Crippen LogP contribution in [0.3, 0.4) is 0 Å². The molecule has 1 N–H and O–H groups in total. The van der Waals surface area contributed by atoms with Crippen LogP contribution >= 0.6 is 0 Å². The SMILES string of the molecule is CCCCCCCCc1ccc(CN(Cc2ccc(/C=C/C(=O)O)cc2)C(=O)CCc2ccccc2)cc1. The zero-order valence-corrected chi connectivity index (χ0v) is 22.6. The van der Waals surface area contributed by atoms with Crippen molar-refractivity contribution in [2.24, 2.45) is 0 Å². The molecule has 0 atom stereocenters. The van der Waals surface area contributed by atoms with Crippen molar-refractivity contribution < 1.29 is 14.7 Å². The third-order valence-corrected chi connectivity index (χ3v) is 6.81. The van der Waals surface area contributed by atoms with Crippen molar-refractivity contribution in [1.29, 1.82) is 0 Å². The highest BCUT2D eigenvalue weighted by atomic mass is 16.4. The minimum absolute atomic E-state index is 0.125. The number of nitrogens with zero attached hydrogens (tertiary/aromatic N) is 1. The molecule has 0 saturated carbocycles. The number of amides is 1. The van der Waals surface area contributed by atoms with Crippen LogP contribution < -0.4 is 0 Å². The van der Waals surface area contributed by atoms with E-state index in [2.05, 4.69) is 43.3 Å². The predicted octanol–water partition coefficient (Wildman–Crippen LogP) is 7.85. The summed E-state index contributed by atoms with van der Waals surface area (Å²) < 4.78 is 0. The highest BCUT2D eigenvalue weighted by molar-refractivity contribution is 5.85. The molecule has 0 spiro atoms. The van der Waals surface area contributed by atoms with E-state index in [-0.39, 0.29) is 5.91 Å². The Kier molecular flexibility index (Phi) is 12.4.